The van der Waals surface area contributed by atoms with Gasteiger partial charge in [0.2, 0.25) is 11.8 Å². The van der Waals surface area contributed by atoms with Crippen LogP contribution in [0.4, 0.5) is 20.1 Å². The number of carbonyl (C=O) groups excluding carboxylic acids is 4. The number of aryl methyl sites for hydroxylation is 2. The molecule has 0 bridgehead atoms. The molecule has 3 aliphatic rings. The van der Waals surface area contributed by atoms with E-state index in [1.54, 1.807) is 44.4 Å². The quantitative estimate of drug-likeness (QED) is 0.0754. The van der Waals surface area contributed by atoms with E-state index in [2.05, 4.69) is 15.6 Å². The molecule has 0 aromatic heterocycles. The van der Waals surface area contributed by atoms with Crippen molar-refractivity contribution in [2.75, 3.05) is 61.1 Å². The number of carbonyl (C=O) groups is 3. The van der Waals surface area contributed by atoms with Crippen LogP contribution in [-0.4, -0.2) is 150 Å². The van der Waals surface area contributed by atoms with Gasteiger partial charge in [-0.15, -0.1) is 0 Å². The second-order valence-electron chi connectivity index (χ2n) is 21.7. The SMILES string of the molecule is CC(C)(C)OC(=O)N(CCCc1ccc(Cl)cc1)[C@@H]1CCC[C@H]1N.COC1CC(N=C=O)CC(OC)C1OC.COc1cc(NC(=O)N[C@@H]2CCC[C@H]2N(CCCc2ccc(Cl)cc2)C(=O)OC(C)(C)C)cc(OC)c1OC. The van der Waals surface area contributed by atoms with Gasteiger partial charge in [-0.05, 0) is 154 Å². The number of benzene rings is 3. The average molecular weight is 1130 g/mol. The maximum atomic E-state index is 13.3. The summed E-state index contributed by atoms with van der Waals surface area (Å²) in [5.74, 6) is 1.30. The van der Waals surface area contributed by atoms with Gasteiger partial charge < -0.3 is 64.1 Å². The first-order valence-electron chi connectivity index (χ1n) is 26.8. The van der Waals surface area contributed by atoms with Crippen molar-refractivity contribution in [2.45, 2.75) is 178 Å². The first-order valence-corrected chi connectivity index (χ1v) is 27.6. The molecule has 3 aromatic rings. The Hall–Kier alpha value is -5.33. The predicted octanol–water partition coefficient (Wildman–Crippen LogP) is 11.2. The van der Waals surface area contributed by atoms with Crippen molar-refractivity contribution in [1.29, 1.82) is 0 Å². The minimum Gasteiger partial charge on any atom is -0.493 e. The van der Waals surface area contributed by atoms with Crippen molar-refractivity contribution in [1.82, 2.24) is 15.1 Å². The van der Waals surface area contributed by atoms with Crippen molar-refractivity contribution in [2.24, 2.45) is 10.7 Å². The van der Waals surface area contributed by atoms with Crippen LogP contribution in [0.15, 0.2) is 65.7 Å². The smallest absolute Gasteiger partial charge is 0.410 e. The van der Waals surface area contributed by atoms with E-state index >= 15 is 0 Å². The number of hydrogen-bond donors (Lipinski definition) is 3. The topological polar surface area (TPSA) is 211 Å². The Kier molecular flexibility index (Phi) is 26.8. The van der Waals surface area contributed by atoms with Crippen LogP contribution in [-0.2, 0) is 41.3 Å². The summed E-state index contributed by atoms with van der Waals surface area (Å²) in [5.41, 5.74) is 7.96. The summed E-state index contributed by atoms with van der Waals surface area (Å²) < 4.78 is 43.4. The molecule has 3 fully saturated rings. The van der Waals surface area contributed by atoms with E-state index in [-0.39, 0.29) is 66.7 Å². The number of hydrogen-bond acceptors (Lipinski definition) is 14. The van der Waals surface area contributed by atoms with Crippen molar-refractivity contribution in [3.05, 3.63) is 81.8 Å². The van der Waals surface area contributed by atoms with Crippen molar-refractivity contribution in [3.63, 3.8) is 0 Å². The van der Waals surface area contributed by atoms with E-state index in [4.69, 9.17) is 66.8 Å². The number of urea groups is 1. The van der Waals surface area contributed by atoms with Crippen LogP contribution in [0.3, 0.4) is 0 Å². The van der Waals surface area contributed by atoms with Crippen molar-refractivity contribution >= 4 is 53.2 Å². The molecule has 4 N–H and O–H groups in total. The summed E-state index contributed by atoms with van der Waals surface area (Å²) in [6.45, 7) is 12.4. The highest BCUT2D eigenvalue weighted by atomic mass is 35.5. The number of nitrogens with one attached hydrogen (secondary N) is 2. The standard InChI is InChI=1S/C29H40ClN3O6.C19H29ClN2O2.C10H17NO4/c1-29(2,3)39-28(35)33(16-8-9-19-12-14-20(30)15-13-19)23-11-7-10-22(23)32-27(34)31-21-17-24(36-4)26(38-6)25(18-21)37-5;1-19(2,3)24-18(23)22(17-8-4-7-16(17)21)13-5-6-14-9-11-15(20)12-10-14;1-13-8-4-7(11-6-12)5-9(14-2)10(8)15-3/h12-15,17-18,22-23H,7-11,16H2,1-6H3,(H2,31,32,34);9-12,16-17H,4-8,13,21H2,1-3H3;7-10H,4-5H2,1-3H3/t22-,23-;16-,17-;/m11./s1. The third kappa shape index (κ3) is 21.0. The second kappa shape index (κ2) is 32.1. The molecule has 20 heteroatoms. The van der Waals surface area contributed by atoms with Crippen LogP contribution in [0.1, 0.15) is 117 Å². The molecule has 3 aliphatic carbocycles. The Balaban J connectivity index is 0.000000284. The molecule has 6 rings (SSSR count). The third-order valence-corrected chi connectivity index (χ3v) is 14.2. The molecule has 4 amide bonds. The maximum absolute atomic E-state index is 13.3. The lowest BCUT2D eigenvalue weighted by Crippen LogP contribution is -2.53. The summed E-state index contributed by atoms with van der Waals surface area (Å²) >= 11 is 11.9. The van der Waals surface area contributed by atoms with Crippen LogP contribution in [0.25, 0.3) is 0 Å². The number of isocyanates is 1. The molecule has 6 atom stereocenters. The fourth-order valence-electron chi connectivity index (χ4n) is 10.0. The Labute approximate surface area is 472 Å². The van der Waals surface area contributed by atoms with Gasteiger partial charge in [-0.2, -0.15) is 0 Å². The zero-order valence-corrected chi connectivity index (χ0v) is 49.4. The van der Waals surface area contributed by atoms with Crippen molar-refractivity contribution < 1.29 is 57.1 Å². The molecule has 0 aliphatic heterocycles. The molecule has 0 spiro atoms. The molecule has 434 valence electrons. The number of ether oxygens (including phenoxy) is 8. The van der Waals surface area contributed by atoms with Crippen molar-refractivity contribution in [3.8, 4) is 17.2 Å². The molecule has 0 radical (unpaired) electrons. The van der Waals surface area contributed by atoms with Gasteiger partial charge in [-0.3, -0.25) is 0 Å². The number of nitrogens with zero attached hydrogens (tertiary/aromatic N) is 3. The normalized spacial score (nSPS) is 21.7. The average Bonchev–Trinajstić information content (AvgIpc) is 4.04. The van der Waals surface area contributed by atoms with Gasteiger partial charge in [0.1, 0.15) is 17.3 Å². The van der Waals surface area contributed by atoms with Gasteiger partial charge in [-0.25, -0.2) is 24.2 Å². The minimum atomic E-state index is -0.628. The summed E-state index contributed by atoms with van der Waals surface area (Å²) in [7, 11) is 9.43. The van der Waals surface area contributed by atoms with E-state index in [0.29, 0.717) is 53.9 Å². The highest BCUT2D eigenvalue weighted by Crippen LogP contribution is 2.40. The lowest BCUT2D eigenvalue weighted by molar-refractivity contribution is -0.131. The van der Waals surface area contributed by atoms with Crippen LogP contribution < -0.4 is 30.6 Å². The summed E-state index contributed by atoms with van der Waals surface area (Å²) in [6.07, 6.45) is 10.8. The van der Waals surface area contributed by atoms with E-state index in [9.17, 15) is 19.2 Å². The number of rotatable bonds is 19. The van der Waals surface area contributed by atoms with Crippen LogP contribution in [0.2, 0.25) is 10.0 Å². The summed E-state index contributed by atoms with van der Waals surface area (Å²) in [5, 5.41) is 7.36. The Morgan fingerprint density at radius 1 is 0.667 bits per heavy atom. The molecule has 0 heterocycles. The molecule has 2 unspecified atom stereocenters. The Morgan fingerprint density at radius 2 is 1.13 bits per heavy atom. The molecular formula is C58H86Cl2N6O12. The molecular weight excluding hydrogens is 1040 g/mol. The predicted molar refractivity (Wildman–Crippen MR) is 304 cm³/mol. The monoisotopic (exact) mass is 1130 g/mol. The largest absolute Gasteiger partial charge is 0.493 e. The van der Waals surface area contributed by atoms with Gasteiger partial charge in [0.25, 0.3) is 0 Å². The number of amides is 4. The zero-order valence-electron chi connectivity index (χ0n) is 47.9. The Bertz CT molecular complexity index is 2320. The van der Waals surface area contributed by atoms with Gasteiger partial charge in [0, 0.05) is 62.6 Å². The fraction of sp³-hybridized carbons (Fsp3) is 0.621. The van der Waals surface area contributed by atoms with E-state index in [1.165, 1.54) is 26.9 Å². The van der Waals surface area contributed by atoms with Gasteiger partial charge in [-0.1, -0.05) is 47.5 Å². The third-order valence-electron chi connectivity index (χ3n) is 13.7. The second-order valence-corrected chi connectivity index (χ2v) is 22.6. The lowest BCUT2D eigenvalue weighted by atomic mass is 9.88. The first-order chi connectivity index (χ1) is 37.1. The van der Waals surface area contributed by atoms with Gasteiger partial charge in [0.15, 0.2) is 11.5 Å². The first kappa shape index (κ1) is 65.2. The summed E-state index contributed by atoms with van der Waals surface area (Å²) in [4.78, 5) is 56.5. The molecule has 3 aromatic carbocycles. The van der Waals surface area contributed by atoms with E-state index in [0.717, 1.165) is 74.8 Å². The lowest BCUT2D eigenvalue weighted by Gasteiger charge is -2.37. The number of anilines is 1. The number of methoxy groups -OCH3 is 6. The Morgan fingerprint density at radius 3 is 1.53 bits per heavy atom. The molecule has 18 nitrogen and oxygen atoms in total. The fourth-order valence-corrected chi connectivity index (χ4v) is 10.3. The molecule has 3 saturated carbocycles. The molecule has 78 heavy (non-hydrogen) atoms. The van der Waals surface area contributed by atoms with E-state index < -0.39 is 11.2 Å². The van der Waals surface area contributed by atoms with Gasteiger partial charge >= 0.3 is 18.2 Å². The highest BCUT2D eigenvalue weighted by molar-refractivity contribution is 6.30. The minimum absolute atomic E-state index is 0.0491. The molecule has 0 saturated heterocycles. The van der Waals surface area contributed by atoms with Gasteiger partial charge in [0.05, 0.1) is 63.4 Å². The summed E-state index contributed by atoms with van der Waals surface area (Å²) in [6, 6.07) is 18.2. The van der Waals surface area contributed by atoms with E-state index in [1.807, 2.05) is 95.0 Å². The number of aliphatic imine (C=N–C) groups is 1. The van der Waals surface area contributed by atoms with Crippen LogP contribution in [0, 0.1) is 0 Å². The zero-order chi connectivity index (χ0) is 57.6. The number of nitrogens with two attached hydrogens (primary N) is 1. The van der Waals surface area contributed by atoms with Crippen LogP contribution in [0.5, 0.6) is 17.2 Å². The maximum Gasteiger partial charge on any atom is 0.410 e. The number of halogens is 2. The highest BCUT2D eigenvalue weighted by Gasteiger charge is 2.40. The van der Waals surface area contributed by atoms with Crippen LogP contribution >= 0.6 is 23.2 Å².